The molecule has 2 aliphatic heterocycles. The molecule has 0 fully saturated rings. The second kappa shape index (κ2) is 12.3. The predicted octanol–water partition coefficient (Wildman–Crippen LogP) is 10.3. The van der Waals surface area contributed by atoms with E-state index < -0.39 is 57.8 Å². The summed E-state index contributed by atoms with van der Waals surface area (Å²) in [5, 5.41) is 0.612. The zero-order valence-corrected chi connectivity index (χ0v) is 33.1. The van der Waals surface area contributed by atoms with E-state index in [0.29, 0.717) is 32.9 Å². The number of carbonyl (C=O) groups excluding carboxylic acids is 4. The monoisotopic (exact) mass is 856 g/mol. The van der Waals surface area contributed by atoms with Crippen LogP contribution in [0.5, 0.6) is 0 Å². The lowest BCUT2D eigenvalue weighted by molar-refractivity contribution is -0.138. The lowest BCUT2D eigenvalue weighted by atomic mass is 9.77. The van der Waals surface area contributed by atoms with Crippen LogP contribution in [0.3, 0.4) is 0 Å². The van der Waals surface area contributed by atoms with Crippen molar-refractivity contribution in [3.8, 4) is 0 Å². The fourth-order valence-corrected chi connectivity index (χ4v) is 10.7. The zero-order valence-electron chi connectivity index (χ0n) is 31.5. The van der Waals surface area contributed by atoms with Crippen LogP contribution in [-0.2, 0) is 42.6 Å². The number of ketones is 4. The molecule has 6 aliphatic rings. The Kier molecular flexibility index (Phi) is 7.83. The van der Waals surface area contributed by atoms with E-state index in [9.17, 15) is 45.5 Å². The summed E-state index contributed by atoms with van der Waals surface area (Å²) in [5.74, 6) is -2.96. The molecule has 0 bridgehead atoms. The van der Waals surface area contributed by atoms with E-state index in [0.717, 1.165) is 57.3 Å². The third-order valence-corrected chi connectivity index (χ3v) is 13.3. The third kappa shape index (κ3) is 5.70. The van der Waals surface area contributed by atoms with Gasteiger partial charge in [-0.2, -0.15) is 26.3 Å². The summed E-state index contributed by atoms with van der Waals surface area (Å²) >= 11 is 2.44. The molecule has 2 atom stereocenters. The average molecular weight is 857 g/mol. The van der Waals surface area contributed by atoms with E-state index in [-0.39, 0.29) is 45.2 Å². The van der Waals surface area contributed by atoms with Gasteiger partial charge in [-0.25, -0.2) is 9.97 Å². The zero-order chi connectivity index (χ0) is 42.6. The van der Waals surface area contributed by atoms with Gasteiger partial charge >= 0.3 is 12.4 Å². The standard InChI is InChI=1S/C44H26F6N2O6S2/c1-41(2)39-37(59-31(51-39)15-25-23-13-19(43(45,46)47)5-7-21(23)33(53)35(25)55)27-9-18-12-30-28(10-17(18)11-29(27)57-41)38-40(42(3,4)58-30)52-32(60-38)16-26-24-14-20(44(48,49)50)6-8-22(24)34(54)36(26)56/h5-18H,1-4H3/b25-15-,26-16-. The van der Waals surface area contributed by atoms with Gasteiger partial charge < -0.3 is 9.47 Å². The highest BCUT2D eigenvalue weighted by Gasteiger charge is 2.45. The maximum atomic E-state index is 13.6. The Morgan fingerprint density at radius 2 is 0.950 bits per heavy atom. The molecule has 0 saturated heterocycles. The molecule has 16 heteroatoms. The quantitative estimate of drug-likeness (QED) is 0.111. The highest BCUT2D eigenvalue weighted by Crippen LogP contribution is 2.54. The molecule has 2 unspecified atom stereocenters. The van der Waals surface area contributed by atoms with Crippen molar-refractivity contribution in [1.29, 1.82) is 0 Å². The van der Waals surface area contributed by atoms with Gasteiger partial charge in [0.2, 0.25) is 23.1 Å². The molecule has 0 radical (unpaired) electrons. The Bertz CT molecular complexity index is 2750. The minimum absolute atomic E-state index is 0.101. The van der Waals surface area contributed by atoms with E-state index in [4.69, 9.17) is 19.4 Å². The summed E-state index contributed by atoms with van der Waals surface area (Å²) in [7, 11) is 0. The number of rotatable bonds is 2. The normalized spacial score (nSPS) is 23.3. The Hall–Kier alpha value is -6.00. The summed E-state index contributed by atoms with van der Waals surface area (Å²) in [5.41, 5.74) is -2.11. The van der Waals surface area contributed by atoms with Crippen molar-refractivity contribution in [2.45, 2.75) is 51.2 Å². The first kappa shape index (κ1) is 38.2. The van der Waals surface area contributed by atoms with Crippen LogP contribution in [-0.4, -0.2) is 33.1 Å². The molecule has 4 heterocycles. The first-order valence-electron chi connectivity index (χ1n) is 18.4. The number of hydrogen-bond acceptors (Lipinski definition) is 10. The number of thiazole rings is 2. The van der Waals surface area contributed by atoms with Crippen LogP contribution in [0, 0.1) is 11.8 Å². The summed E-state index contributed by atoms with van der Waals surface area (Å²) in [6.45, 7) is 7.28. The second-order valence-electron chi connectivity index (χ2n) is 16.0. The molecule has 302 valence electrons. The maximum Gasteiger partial charge on any atom is 0.416 e. The fourth-order valence-electron chi connectivity index (χ4n) is 8.35. The summed E-state index contributed by atoms with van der Waals surface area (Å²) in [6, 6.07) is 5.21. The van der Waals surface area contributed by atoms with Gasteiger partial charge in [-0.15, -0.1) is 22.7 Å². The van der Waals surface area contributed by atoms with Crippen molar-refractivity contribution < 1.29 is 55.0 Å². The molecule has 8 nitrogen and oxygen atoms in total. The third-order valence-electron chi connectivity index (χ3n) is 11.2. The topological polar surface area (TPSA) is 113 Å². The first-order valence-corrected chi connectivity index (χ1v) is 20.1. The first-order chi connectivity index (χ1) is 28.1. The van der Waals surface area contributed by atoms with Gasteiger partial charge in [0, 0.05) is 45.3 Å². The molecular weight excluding hydrogens is 831 g/mol. The average Bonchev–Trinajstić information content (AvgIpc) is 3.91. The predicted molar refractivity (Wildman–Crippen MR) is 209 cm³/mol. The van der Waals surface area contributed by atoms with Crippen LogP contribution in [0.25, 0.3) is 34.4 Å². The number of alkyl halides is 6. The number of ether oxygens (including phenoxy) is 2. The van der Waals surface area contributed by atoms with E-state index in [1.807, 2.05) is 52.0 Å². The number of nitrogens with zero attached hydrogens (tertiary/aromatic N) is 2. The molecule has 60 heavy (non-hydrogen) atoms. The Labute approximate surface area is 344 Å². The maximum absolute atomic E-state index is 13.6. The van der Waals surface area contributed by atoms with Gasteiger partial charge in [0.15, 0.2) is 0 Å². The lowest BCUT2D eigenvalue weighted by Crippen LogP contribution is -2.32. The summed E-state index contributed by atoms with van der Waals surface area (Å²) < 4.78 is 94.6. The molecule has 2 aromatic carbocycles. The van der Waals surface area contributed by atoms with Crippen molar-refractivity contribution in [2.75, 3.05) is 0 Å². The van der Waals surface area contributed by atoms with Gasteiger partial charge in [-0.1, -0.05) is 12.2 Å². The summed E-state index contributed by atoms with van der Waals surface area (Å²) in [6.07, 6.45) is 1.32. The Morgan fingerprint density at radius 1 is 0.567 bits per heavy atom. The van der Waals surface area contributed by atoms with Gasteiger partial charge in [0.25, 0.3) is 0 Å². The van der Waals surface area contributed by atoms with Crippen LogP contribution >= 0.6 is 22.7 Å². The molecule has 0 N–H and O–H groups in total. The number of halogens is 6. The van der Waals surface area contributed by atoms with Crippen LogP contribution in [0.2, 0.25) is 0 Å². The summed E-state index contributed by atoms with van der Waals surface area (Å²) in [4.78, 5) is 62.6. The van der Waals surface area contributed by atoms with Crippen LogP contribution in [0.4, 0.5) is 26.3 Å². The molecule has 0 saturated carbocycles. The molecule has 4 aromatic rings. The minimum atomic E-state index is -4.68. The number of carbonyl (C=O) groups is 4. The van der Waals surface area contributed by atoms with Crippen molar-refractivity contribution in [3.63, 3.8) is 0 Å². The number of Topliss-reactive ketones (excluding diaryl/α,β-unsaturated/α-hetero) is 4. The molecular formula is C44H26F6N2O6S2. The van der Waals surface area contributed by atoms with Crippen molar-refractivity contribution in [1.82, 2.24) is 9.97 Å². The smallest absolute Gasteiger partial charge is 0.416 e. The molecule has 10 rings (SSSR count). The van der Waals surface area contributed by atoms with Crippen LogP contribution < -0.4 is 0 Å². The SMILES string of the molecule is CC1(C)OC2=CC3C=C4C(=CC3C=C2c2sc(/C=C3\C(=O)C(=O)c5ccc(C(F)(F)F)cc53)nc21)OC(C)(C)c1nc(/C=C2\C(=O)C(=O)c3ccc(C(F)(F)F)cc32)sc14. The van der Waals surface area contributed by atoms with Gasteiger partial charge in [0.1, 0.15) is 44.1 Å². The van der Waals surface area contributed by atoms with Crippen molar-refractivity contribution >= 4 is 80.3 Å². The number of allylic oxidation sites excluding steroid dienone is 8. The van der Waals surface area contributed by atoms with Gasteiger partial charge in [-0.05, 0) is 99.5 Å². The van der Waals surface area contributed by atoms with Crippen LogP contribution in [0.15, 0.2) is 72.2 Å². The van der Waals surface area contributed by atoms with Crippen molar-refractivity contribution in [3.05, 3.63) is 137 Å². The molecule has 0 spiro atoms. The number of benzene rings is 2. The number of aromatic nitrogens is 2. The number of hydrogen-bond donors (Lipinski definition) is 0. The van der Waals surface area contributed by atoms with E-state index in [1.165, 1.54) is 34.8 Å². The Balaban J connectivity index is 1.01. The minimum Gasteiger partial charge on any atom is -0.481 e. The van der Waals surface area contributed by atoms with Gasteiger partial charge in [-0.3, -0.25) is 19.2 Å². The largest absolute Gasteiger partial charge is 0.481 e. The molecule has 4 aliphatic carbocycles. The molecule has 2 aromatic heterocycles. The lowest BCUT2D eigenvalue weighted by Gasteiger charge is -2.40. The number of fused-ring (bicyclic) bond motifs is 9. The van der Waals surface area contributed by atoms with Crippen molar-refractivity contribution in [2.24, 2.45) is 11.8 Å². The van der Waals surface area contributed by atoms with Crippen LogP contribution in [0.1, 0.15) is 102 Å². The highest BCUT2D eigenvalue weighted by molar-refractivity contribution is 7.14. The molecule has 0 amide bonds. The van der Waals surface area contributed by atoms with E-state index >= 15 is 0 Å². The van der Waals surface area contributed by atoms with E-state index in [1.54, 1.807) is 0 Å². The highest BCUT2D eigenvalue weighted by atomic mass is 32.1. The van der Waals surface area contributed by atoms with E-state index in [2.05, 4.69) is 0 Å². The fraction of sp³-hybridized carbons (Fsp3) is 0.227. The Morgan fingerprint density at radius 3 is 1.32 bits per heavy atom. The second-order valence-corrected chi connectivity index (χ2v) is 18.1. The van der Waals surface area contributed by atoms with Gasteiger partial charge in [0.05, 0.1) is 20.9 Å².